The van der Waals surface area contributed by atoms with E-state index < -0.39 is 11.9 Å². The molecule has 182 valence electrons. The first kappa shape index (κ1) is 25.3. The summed E-state index contributed by atoms with van der Waals surface area (Å²) in [5.74, 6) is -1.05. The summed E-state index contributed by atoms with van der Waals surface area (Å²) in [4.78, 5) is 43.1. The zero-order valence-electron chi connectivity index (χ0n) is 18.8. The molecular formula is C21H28BrN9O3. The number of likely N-dealkylation sites (tertiary alicyclic amines) is 1. The van der Waals surface area contributed by atoms with E-state index in [1.54, 1.807) is 12.3 Å². The standard InChI is InChI=1S/C21H28BrN9O3/c1-2-9-34-20(33)14-10-12(3-6-26-14)11-31-7-4-13(5-8-31)27-21(25)30-19(32)15-17(23)29-18(24)16(22)28-15/h3,6,10,13H,2,4-5,7-9,11H2,1H3,(H4,23,24,29)(H3,25,27,30,32). The van der Waals surface area contributed by atoms with Gasteiger partial charge in [-0.15, -0.1) is 0 Å². The first-order chi connectivity index (χ1) is 16.3. The number of esters is 1. The fraction of sp³-hybridized carbons (Fsp3) is 0.429. The molecule has 0 aromatic carbocycles. The smallest absolute Gasteiger partial charge is 0.356 e. The van der Waals surface area contributed by atoms with E-state index in [9.17, 15) is 9.59 Å². The first-order valence-electron chi connectivity index (χ1n) is 10.8. The third-order valence-corrected chi connectivity index (χ3v) is 5.70. The summed E-state index contributed by atoms with van der Waals surface area (Å²) >= 11 is 3.12. The zero-order chi connectivity index (χ0) is 24.7. The summed E-state index contributed by atoms with van der Waals surface area (Å²) in [5, 5.41) is 2.49. The first-order valence-corrected chi connectivity index (χ1v) is 11.6. The molecule has 1 fully saturated rings. The Hall–Kier alpha value is -3.32. The van der Waals surface area contributed by atoms with E-state index in [1.165, 1.54) is 0 Å². The van der Waals surface area contributed by atoms with Crippen LogP contribution in [0.3, 0.4) is 0 Å². The van der Waals surface area contributed by atoms with Gasteiger partial charge in [0.1, 0.15) is 10.3 Å². The molecule has 3 rings (SSSR count). The van der Waals surface area contributed by atoms with E-state index in [-0.39, 0.29) is 33.9 Å². The number of carbonyl (C=O) groups excluding carboxylic acids is 2. The van der Waals surface area contributed by atoms with Crippen LogP contribution in [-0.4, -0.2) is 63.4 Å². The number of guanidine groups is 1. The summed E-state index contributed by atoms with van der Waals surface area (Å²) < 4.78 is 5.37. The molecule has 2 aromatic heterocycles. The highest BCUT2D eigenvalue weighted by Crippen LogP contribution is 2.19. The number of aromatic nitrogens is 3. The molecule has 12 nitrogen and oxygen atoms in total. The van der Waals surface area contributed by atoms with Crippen molar-refractivity contribution >= 4 is 45.4 Å². The Labute approximate surface area is 205 Å². The highest BCUT2D eigenvalue weighted by molar-refractivity contribution is 9.10. The molecule has 34 heavy (non-hydrogen) atoms. The molecular weight excluding hydrogens is 506 g/mol. The number of nitrogens with zero attached hydrogens (tertiary/aromatic N) is 5. The van der Waals surface area contributed by atoms with Crippen LogP contribution in [0.2, 0.25) is 0 Å². The fourth-order valence-electron chi connectivity index (χ4n) is 3.43. The number of hydrogen-bond acceptors (Lipinski definition) is 10. The molecule has 0 radical (unpaired) electrons. The van der Waals surface area contributed by atoms with Gasteiger partial charge in [0.2, 0.25) is 0 Å². The Kier molecular flexibility index (Phi) is 8.71. The number of hydrogen-bond donors (Lipinski definition) is 4. The average molecular weight is 534 g/mol. The van der Waals surface area contributed by atoms with Crippen molar-refractivity contribution in [2.45, 2.75) is 38.8 Å². The van der Waals surface area contributed by atoms with E-state index >= 15 is 0 Å². The summed E-state index contributed by atoms with van der Waals surface area (Å²) in [6.07, 6.45) is 3.91. The monoisotopic (exact) mass is 533 g/mol. The van der Waals surface area contributed by atoms with Crippen molar-refractivity contribution in [3.63, 3.8) is 0 Å². The van der Waals surface area contributed by atoms with Gasteiger partial charge in [0, 0.05) is 25.8 Å². The van der Waals surface area contributed by atoms with Crippen LogP contribution >= 0.6 is 15.9 Å². The van der Waals surface area contributed by atoms with Crippen LogP contribution in [0.25, 0.3) is 0 Å². The van der Waals surface area contributed by atoms with Crippen LogP contribution in [0.4, 0.5) is 11.6 Å². The molecule has 2 aromatic rings. The van der Waals surface area contributed by atoms with Crippen molar-refractivity contribution in [1.29, 1.82) is 0 Å². The second-order valence-corrected chi connectivity index (χ2v) is 8.55. The molecule has 1 saturated heterocycles. The lowest BCUT2D eigenvalue weighted by Crippen LogP contribution is -2.40. The lowest BCUT2D eigenvalue weighted by molar-refractivity contribution is 0.0497. The van der Waals surface area contributed by atoms with Crippen molar-refractivity contribution in [2.75, 3.05) is 31.2 Å². The molecule has 1 amide bonds. The summed E-state index contributed by atoms with van der Waals surface area (Å²) in [5.41, 5.74) is 18.5. The van der Waals surface area contributed by atoms with Gasteiger partial charge in [0.25, 0.3) is 5.91 Å². The Morgan fingerprint density at radius 2 is 2.00 bits per heavy atom. The normalized spacial score (nSPS) is 15.2. The maximum absolute atomic E-state index is 12.4. The molecule has 0 spiro atoms. The molecule has 1 aliphatic rings. The number of rotatable bonds is 7. The predicted octanol–water partition coefficient (Wildman–Crippen LogP) is 1.07. The van der Waals surface area contributed by atoms with Gasteiger partial charge in [-0.1, -0.05) is 6.92 Å². The number of ether oxygens (including phenoxy) is 1. The van der Waals surface area contributed by atoms with Gasteiger partial charge in [-0.05, 0) is 52.9 Å². The van der Waals surface area contributed by atoms with Gasteiger partial charge in [-0.25, -0.2) is 24.7 Å². The second kappa shape index (κ2) is 11.7. The van der Waals surface area contributed by atoms with E-state index in [2.05, 4.69) is 46.1 Å². The lowest BCUT2D eigenvalue weighted by atomic mass is 10.0. The van der Waals surface area contributed by atoms with Gasteiger partial charge in [0.05, 0.1) is 12.6 Å². The molecule has 1 aliphatic heterocycles. The Balaban J connectivity index is 1.51. The summed E-state index contributed by atoms with van der Waals surface area (Å²) in [7, 11) is 0. The van der Waals surface area contributed by atoms with Crippen LogP contribution < -0.4 is 22.5 Å². The van der Waals surface area contributed by atoms with Gasteiger partial charge in [-0.2, -0.15) is 0 Å². The van der Waals surface area contributed by atoms with Crippen molar-refractivity contribution in [3.05, 3.63) is 39.9 Å². The molecule has 7 N–H and O–H groups in total. The average Bonchev–Trinajstić information content (AvgIpc) is 2.81. The zero-order valence-corrected chi connectivity index (χ0v) is 20.4. The molecule has 3 heterocycles. The number of pyridine rings is 1. The van der Waals surface area contributed by atoms with Crippen LogP contribution in [0, 0.1) is 0 Å². The third-order valence-electron chi connectivity index (χ3n) is 5.12. The number of nitrogens with one attached hydrogen (secondary N) is 1. The SMILES string of the molecule is CCCOC(=O)c1cc(CN2CCC(N=C(N)NC(=O)c3nc(Br)c(N)nc3N)CC2)ccn1. The highest BCUT2D eigenvalue weighted by atomic mass is 79.9. The highest BCUT2D eigenvalue weighted by Gasteiger charge is 2.21. The quantitative estimate of drug-likeness (QED) is 0.227. The number of carbonyl (C=O) groups is 2. The van der Waals surface area contributed by atoms with Crippen molar-refractivity contribution in [3.8, 4) is 0 Å². The predicted molar refractivity (Wildman–Crippen MR) is 131 cm³/mol. The van der Waals surface area contributed by atoms with Crippen molar-refractivity contribution in [1.82, 2.24) is 25.2 Å². The number of nitrogen functional groups attached to an aromatic ring is 2. The number of aliphatic imine (C=N–C) groups is 1. The number of anilines is 2. The fourth-order valence-corrected chi connectivity index (χ4v) is 3.70. The molecule has 0 bridgehead atoms. The third kappa shape index (κ3) is 6.84. The van der Waals surface area contributed by atoms with Crippen LogP contribution in [0.5, 0.6) is 0 Å². The van der Waals surface area contributed by atoms with Crippen LogP contribution in [-0.2, 0) is 11.3 Å². The van der Waals surface area contributed by atoms with Gasteiger partial charge < -0.3 is 21.9 Å². The van der Waals surface area contributed by atoms with E-state index in [1.807, 2.05) is 13.0 Å². The Bertz CT molecular complexity index is 1070. The van der Waals surface area contributed by atoms with Crippen LogP contribution in [0.1, 0.15) is 52.7 Å². The topological polar surface area (TPSA) is 188 Å². The number of amides is 1. The molecule has 13 heteroatoms. The minimum Gasteiger partial charge on any atom is -0.461 e. The number of halogens is 1. The molecule has 0 aliphatic carbocycles. The molecule has 0 saturated carbocycles. The van der Waals surface area contributed by atoms with Gasteiger partial charge in [0.15, 0.2) is 23.3 Å². The minimum atomic E-state index is -0.615. The maximum Gasteiger partial charge on any atom is 0.356 e. The van der Waals surface area contributed by atoms with Crippen LogP contribution in [0.15, 0.2) is 27.9 Å². The minimum absolute atomic E-state index is 0.0121. The lowest BCUT2D eigenvalue weighted by Gasteiger charge is -2.30. The summed E-state index contributed by atoms with van der Waals surface area (Å²) in [6, 6.07) is 3.62. The largest absolute Gasteiger partial charge is 0.461 e. The molecule has 0 unspecified atom stereocenters. The Morgan fingerprint density at radius 3 is 2.71 bits per heavy atom. The molecule has 0 atom stereocenters. The van der Waals surface area contributed by atoms with Gasteiger partial charge >= 0.3 is 5.97 Å². The second-order valence-electron chi connectivity index (χ2n) is 7.79. The van der Waals surface area contributed by atoms with E-state index in [0.29, 0.717) is 18.8 Å². The van der Waals surface area contributed by atoms with Crippen molar-refractivity contribution in [2.24, 2.45) is 10.7 Å². The number of piperidine rings is 1. The van der Waals surface area contributed by atoms with Crippen molar-refractivity contribution < 1.29 is 14.3 Å². The van der Waals surface area contributed by atoms with E-state index in [0.717, 1.165) is 37.9 Å². The number of nitrogens with two attached hydrogens (primary N) is 3. The van der Waals surface area contributed by atoms with Gasteiger partial charge in [-0.3, -0.25) is 15.0 Å². The summed E-state index contributed by atoms with van der Waals surface area (Å²) in [6.45, 7) is 4.58. The van der Waals surface area contributed by atoms with E-state index in [4.69, 9.17) is 21.9 Å². The maximum atomic E-state index is 12.4. The Morgan fingerprint density at radius 1 is 1.26 bits per heavy atom.